The summed E-state index contributed by atoms with van der Waals surface area (Å²) in [5, 5.41) is 41.3. The summed E-state index contributed by atoms with van der Waals surface area (Å²) in [6.45, 7) is 3.08. The van der Waals surface area contributed by atoms with Crippen molar-refractivity contribution in [2.75, 3.05) is 0 Å². The molecule has 0 saturated heterocycles. The molecule has 120 valence electrons. The normalized spacial score (nSPS) is 10.5. The second-order valence-electron chi connectivity index (χ2n) is 5.25. The molecule has 0 radical (unpaired) electrons. The molecule has 0 bridgehead atoms. The maximum absolute atomic E-state index is 10.9. The molecule has 0 aliphatic heterocycles. The molecule has 2 rings (SSSR count). The Labute approximate surface area is 130 Å². The van der Waals surface area contributed by atoms with Gasteiger partial charge in [0, 0.05) is 12.1 Å². The van der Waals surface area contributed by atoms with Gasteiger partial charge in [0.1, 0.15) is 0 Å². The Morgan fingerprint density at radius 3 is 1.48 bits per heavy atom. The van der Waals surface area contributed by atoms with Crippen LogP contribution in [0, 0.1) is 34.1 Å². The van der Waals surface area contributed by atoms with Crippen LogP contribution in [0.15, 0.2) is 24.3 Å². The van der Waals surface area contributed by atoms with E-state index in [2.05, 4.69) is 0 Å². The highest BCUT2D eigenvalue weighted by Gasteiger charge is 2.20. The molecular formula is C15H14N2O6. The molecule has 0 aromatic heterocycles. The summed E-state index contributed by atoms with van der Waals surface area (Å²) in [5.41, 5.74) is 0.936. The molecule has 2 aromatic rings. The maximum Gasteiger partial charge on any atom is 0.311 e. The number of phenolic OH excluding ortho intramolecular Hbond substituents is 2. The Morgan fingerprint density at radius 1 is 0.826 bits per heavy atom. The number of rotatable bonds is 4. The lowest BCUT2D eigenvalue weighted by molar-refractivity contribution is -0.386. The van der Waals surface area contributed by atoms with E-state index >= 15 is 0 Å². The fraction of sp³-hybridized carbons (Fsp3) is 0.200. The SMILES string of the molecule is Cc1cc(Cc2cc(C)c(O)c([N+](=O)[O-])c2)cc([N+](=O)[O-])c1O. The molecule has 8 nitrogen and oxygen atoms in total. The number of aromatic hydroxyl groups is 2. The number of nitrogens with zero attached hydrogens (tertiary/aromatic N) is 2. The van der Waals surface area contributed by atoms with Gasteiger partial charge >= 0.3 is 11.4 Å². The average Bonchev–Trinajstić information content (AvgIpc) is 2.45. The van der Waals surface area contributed by atoms with E-state index < -0.39 is 32.7 Å². The van der Waals surface area contributed by atoms with E-state index in [9.17, 15) is 30.4 Å². The summed E-state index contributed by atoms with van der Waals surface area (Å²) < 4.78 is 0. The topological polar surface area (TPSA) is 127 Å². The minimum atomic E-state index is -0.684. The first-order chi connectivity index (χ1) is 10.7. The zero-order valence-electron chi connectivity index (χ0n) is 12.4. The van der Waals surface area contributed by atoms with Crippen molar-refractivity contribution < 1.29 is 20.1 Å². The molecule has 0 heterocycles. The average molecular weight is 318 g/mol. The van der Waals surface area contributed by atoms with E-state index in [-0.39, 0.29) is 6.42 Å². The Bertz CT molecular complexity index is 749. The number of nitro benzene ring substituents is 2. The van der Waals surface area contributed by atoms with Gasteiger partial charge in [-0.15, -0.1) is 0 Å². The first-order valence-corrected chi connectivity index (χ1v) is 6.64. The summed E-state index contributed by atoms with van der Waals surface area (Å²) in [7, 11) is 0. The second-order valence-corrected chi connectivity index (χ2v) is 5.25. The largest absolute Gasteiger partial charge is 0.502 e. The van der Waals surface area contributed by atoms with E-state index in [1.165, 1.54) is 26.0 Å². The van der Waals surface area contributed by atoms with Gasteiger partial charge in [-0.05, 0) is 42.5 Å². The minimum Gasteiger partial charge on any atom is -0.502 e. The molecule has 0 amide bonds. The summed E-state index contributed by atoms with van der Waals surface area (Å²) in [5.74, 6) is -0.793. The minimum absolute atomic E-state index is 0.198. The zero-order valence-corrected chi connectivity index (χ0v) is 12.4. The second kappa shape index (κ2) is 5.91. The number of hydrogen-bond donors (Lipinski definition) is 2. The van der Waals surface area contributed by atoms with Crippen LogP contribution in [0.3, 0.4) is 0 Å². The van der Waals surface area contributed by atoms with Gasteiger partial charge in [-0.3, -0.25) is 20.2 Å². The number of aryl methyl sites for hydroxylation is 2. The van der Waals surface area contributed by atoms with Crippen LogP contribution in [0.2, 0.25) is 0 Å². The summed E-state index contributed by atoms with van der Waals surface area (Å²) >= 11 is 0. The van der Waals surface area contributed by atoms with Crippen LogP contribution >= 0.6 is 0 Å². The Kier molecular flexibility index (Phi) is 4.17. The van der Waals surface area contributed by atoms with Crippen LogP contribution in [0.1, 0.15) is 22.3 Å². The monoisotopic (exact) mass is 318 g/mol. The van der Waals surface area contributed by atoms with Gasteiger partial charge in [0.05, 0.1) is 9.85 Å². The Balaban J connectivity index is 2.48. The first kappa shape index (κ1) is 16.2. The lowest BCUT2D eigenvalue weighted by Crippen LogP contribution is -1.97. The molecule has 8 heteroatoms. The molecular weight excluding hydrogens is 304 g/mol. The molecule has 23 heavy (non-hydrogen) atoms. The number of nitro groups is 2. The van der Waals surface area contributed by atoms with Crippen molar-refractivity contribution in [1.82, 2.24) is 0 Å². The van der Waals surface area contributed by atoms with Crippen molar-refractivity contribution in [1.29, 1.82) is 0 Å². The van der Waals surface area contributed by atoms with E-state index in [1.807, 2.05) is 0 Å². The molecule has 0 aliphatic carbocycles. The third-order valence-corrected chi connectivity index (χ3v) is 3.48. The molecule has 0 unspecified atom stereocenters. The van der Waals surface area contributed by atoms with Crippen molar-refractivity contribution in [2.24, 2.45) is 0 Å². The predicted molar refractivity (Wildman–Crippen MR) is 81.8 cm³/mol. The van der Waals surface area contributed by atoms with E-state index in [1.54, 1.807) is 12.1 Å². The van der Waals surface area contributed by atoms with Crippen LogP contribution in [-0.4, -0.2) is 20.1 Å². The number of phenols is 2. The lowest BCUT2D eigenvalue weighted by atomic mass is 9.99. The van der Waals surface area contributed by atoms with Gasteiger partial charge < -0.3 is 10.2 Å². The predicted octanol–water partition coefficient (Wildman–Crippen LogP) is 3.12. The van der Waals surface area contributed by atoms with Crippen LogP contribution in [0.25, 0.3) is 0 Å². The molecule has 0 spiro atoms. The van der Waals surface area contributed by atoms with E-state index in [4.69, 9.17) is 0 Å². The third kappa shape index (κ3) is 3.20. The smallest absolute Gasteiger partial charge is 0.311 e. The Morgan fingerprint density at radius 2 is 1.17 bits per heavy atom. The van der Waals surface area contributed by atoms with Crippen molar-refractivity contribution in [3.8, 4) is 11.5 Å². The van der Waals surface area contributed by atoms with Gasteiger partial charge in [0.25, 0.3) is 0 Å². The zero-order chi connectivity index (χ0) is 17.3. The molecule has 0 atom stereocenters. The highest BCUT2D eigenvalue weighted by atomic mass is 16.6. The van der Waals surface area contributed by atoms with Gasteiger partial charge in [-0.1, -0.05) is 12.1 Å². The van der Waals surface area contributed by atoms with Crippen LogP contribution in [0.4, 0.5) is 11.4 Å². The summed E-state index contributed by atoms with van der Waals surface area (Å²) in [6.07, 6.45) is 0.198. The number of benzene rings is 2. The highest BCUT2D eigenvalue weighted by molar-refractivity contribution is 5.56. The van der Waals surface area contributed by atoms with Crippen LogP contribution in [-0.2, 0) is 6.42 Å². The molecule has 2 N–H and O–H groups in total. The van der Waals surface area contributed by atoms with Crippen molar-refractivity contribution in [3.63, 3.8) is 0 Å². The first-order valence-electron chi connectivity index (χ1n) is 6.64. The Hall–Kier alpha value is -3.16. The fourth-order valence-electron chi connectivity index (χ4n) is 2.39. The van der Waals surface area contributed by atoms with E-state index in [0.29, 0.717) is 22.3 Å². The van der Waals surface area contributed by atoms with Gasteiger partial charge in [-0.2, -0.15) is 0 Å². The molecule has 0 aliphatic rings. The summed E-state index contributed by atoms with van der Waals surface area (Å²) in [4.78, 5) is 20.5. The number of hydrogen-bond acceptors (Lipinski definition) is 6. The fourth-order valence-corrected chi connectivity index (χ4v) is 2.39. The highest BCUT2D eigenvalue weighted by Crippen LogP contribution is 2.34. The molecule has 2 aromatic carbocycles. The standard InChI is InChI=1S/C15H14N2O6/c1-8-3-10(6-12(14(8)18)16(20)21)5-11-4-9(2)15(19)13(7-11)17(22)23/h3-4,6-7,18-19H,5H2,1-2H3. The van der Waals surface area contributed by atoms with E-state index in [0.717, 1.165) is 0 Å². The third-order valence-electron chi connectivity index (χ3n) is 3.48. The quantitative estimate of drug-likeness (QED) is 0.658. The van der Waals surface area contributed by atoms with Crippen LogP contribution in [0.5, 0.6) is 11.5 Å². The van der Waals surface area contributed by atoms with Gasteiger partial charge in [0.2, 0.25) is 0 Å². The van der Waals surface area contributed by atoms with Crippen molar-refractivity contribution in [2.45, 2.75) is 20.3 Å². The van der Waals surface area contributed by atoms with Gasteiger partial charge in [-0.25, -0.2) is 0 Å². The van der Waals surface area contributed by atoms with Crippen LogP contribution < -0.4 is 0 Å². The lowest BCUT2D eigenvalue weighted by Gasteiger charge is -2.08. The summed E-state index contributed by atoms with van der Waals surface area (Å²) in [6, 6.07) is 5.62. The van der Waals surface area contributed by atoms with Gasteiger partial charge in [0.15, 0.2) is 11.5 Å². The maximum atomic E-state index is 10.9. The molecule has 0 saturated carbocycles. The van der Waals surface area contributed by atoms with Crippen molar-refractivity contribution >= 4 is 11.4 Å². The van der Waals surface area contributed by atoms with Crippen molar-refractivity contribution in [3.05, 3.63) is 66.7 Å². The molecule has 0 fully saturated rings.